The average Bonchev–Trinajstić information content (AvgIpc) is 2.49. The minimum absolute atomic E-state index is 0.00610. The number of nitrogen functional groups attached to an aromatic ring is 1. The van der Waals surface area contributed by atoms with Crippen LogP contribution in [0.4, 0.5) is 17.5 Å². The Bertz CT molecular complexity index is 578. The number of anilines is 3. The van der Waals surface area contributed by atoms with Gasteiger partial charge >= 0.3 is 0 Å². The molecule has 0 radical (unpaired) electrons. The number of nitrogens with two attached hydrogens (primary N) is 2. The summed E-state index contributed by atoms with van der Waals surface area (Å²) < 4.78 is 0. The molecule has 0 aromatic carbocycles. The average molecular weight is 318 g/mol. The van der Waals surface area contributed by atoms with Crippen LogP contribution in [0.2, 0.25) is 0 Å². The van der Waals surface area contributed by atoms with Crippen molar-refractivity contribution in [2.45, 2.75) is 63.5 Å². The second kappa shape index (κ2) is 6.22. The van der Waals surface area contributed by atoms with Gasteiger partial charge in [-0.3, -0.25) is 4.79 Å². The molecule has 0 saturated heterocycles. The molecule has 7 nitrogen and oxygen atoms in total. The van der Waals surface area contributed by atoms with E-state index in [4.69, 9.17) is 11.5 Å². The molecule has 1 aromatic heterocycles. The molecule has 0 atom stereocenters. The number of hydrogen-bond donors (Lipinski definition) is 4. The zero-order valence-corrected chi connectivity index (χ0v) is 13.6. The van der Waals surface area contributed by atoms with E-state index in [-0.39, 0.29) is 23.4 Å². The maximum absolute atomic E-state index is 11.2. The molecule has 0 bridgehead atoms. The van der Waals surface area contributed by atoms with Gasteiger partial charge < -0.3 is 22.1 Å². The second-order valence-corrected chi connectivity index (χ2v) is 7.13. The Morgan fingerprint density at radius 1 is 1.30 bits per heavy atom. The van der Waals surface area contributed by atoms with Gasteiger partial charge in [0, 0.05) is 17.5 Å². The van der Waals surface area contributed by atoms with Crippen LogP contribution < -0.4 is 22.1 Å². The molecule has 0 spiro atoms. The number of hydrogen-bond acceptors (Lipinski definition) is 6. The summed E-state index contributed by atoms with van der Waals surface area (Å²) in [6, 6.07) is 0.273. The van der Waals surface area contributed by atoms with E-state index in [1.54, 1.807) is 6.20 Å². The Hall–Kier alpha value is -2.05. The van der Waals surface area contributed by atoms with E-state index in [0.29, 0.717) is 17.5 Å². The quantitative estimate of drug-likeness (QED) is 0.658. The molecular weight excluding hydrogens is 292 g/mol. The van der Waals surface area contributed by atoms with Crippen molar-refractivity contribution in [3.63, 3.8) is 0 Å². The Morgan fingerprint density at radius 2 is 2.00 bits per heavy atom. The van der Waals surface area contributed by atoms with Crippen molar-refractivity contribution >= 4 is 23.4 Å². The molecule has 1 amide bonds. The highest BCUT2D eigenvalue weighted by Crippen LogP contribution is 2.34. The maximum atomic E-state index is 11.2. The lowest BCUT2D eigenvalue weighted by Gasteiger charge is -2.39. The predicted octanol–water partition coefficient (Wildman–Crippen LogP) is 1.87. The van der Waals surface area contributed by atoms with Crippen LogP contribution in [0.5, 0.6) is 0 Å². The minimum atomic E-state index is -0.190. The van der Waals surface area contributed by atoms with Crippen molar-refractivity contribution in [2.24, 2.45) is 11.7 Å². The molecule has 2 saturated carbocycles. The lowest BCUT2D eigenvalue weighted by molar-refractivity contribution is -0.122. The Morgan fingerprint density at radius 3 is 2.57 bits per heavy atom. The van der Waals surface area contributed by atoms with E-state index in [0.717, 1.165) is 38.5 Å². The lowest BCUT2D eigenvalue weighted by Crippen LogP contribution is -2.42. The van der Waals surface area contributed by atoms with Crippen molar-refractivity contribution in [3.05, 3.63) is 6.20 Å². The Labute approximate surface area is 136 Å². The molecule has 1 aromatic rings. The first-order valence-corrected chi connectivity index (χ1v) is 8.42. The maximum Gasteiger partial charge on any atom is 0.225 e. The van der Waals surface area contributed by atoms with Crippen LogP contribution in [-0.2, 0) is 4.79 Å². The molecule has 0 unspecified atom stereocenters. The van der Waals surface area contributed by atoms with Crippen LogP contribution in [0.15, 0.2) is 6.20 Å². The summed E-state index contributed by atoms with van der Waals surface area (Å²) in [5.41, 5.74) is 12.0. The van der Waals surface area contributed by atoms with Crippen molar-refractivity contribution in [1.82, 2.24) is 9.97 Å². The third-order valence-electron chi connectivity index (χ3n) is 5.16. The molecule has 2 aliphatic rings. The van der Waals surface area contributed by atoms with Gasteiger partial charge in [0.1, 0.15) is 0 Å². The zero-order chi connectivity index (χ0) is 16.4. The van der Waals surface area contributed by atoms with Gasteiger partial charge in [-0.1, -0.05) is 0 Å². The van der Waals surface area contributed by atoms with Crippen LogP contribution in [0.1, 0.15) is 51.9 Å². The fraction of sp³-hybridized carbons (Fsp3) is 0.688. The van der Waals surface area contributed by atoms with Crippen LogP contribution in [0.25, 0.3) is 0 Å². The monoisotopic (exact) mass is 318 g/mol. The number of nitrogens with one attached hydrogen (secondary N) is 2. The van der Waals surface area contributed by atoms with E-state index in [1.165, 1.54) is 6.42 Å². The normalized spacial score (nSPS) is 26.1. The van der Waals surface area contributed by atoms with Gasteiger partial charge in [-0.25, -0.2) is 4.98 Å². The highest BCUT2D eigenvalue weighted by molar-refractivity contribution is 5.76. The van der Waals surface area contributed by atoms with E-state index in [2.05, 4.69) is 27.5 Å². The number of rotatable bonds is 5. The molecule has 1 heterocycles. The van der Waals surface area contributed by atoms with Gasteiger partial charge in [-0.05, 0) is 51.9 Å². The van der Waals surface area contributed by atoms with Gasteiger partial charge in [-0.15, -0.1) is 0 Å². The summed E-state index contributed by atoms with van der Waals surface area (Å²) in [6.07, 6.45) is 8.61. The molecule has 2 fully saturated rings. The molecule has 2 aliphatic carbocycles. The largest absolute Gasteiger partial charge is 0.394 e. The molecular formula is C16H26N6O. The number of carbonyl (C=O) groups is 1. The van der Waals surface area contributed by atoms with E-state index < -0.39 is 0 Å². The van der Waals surface area contributed by atoms with Gasteiger partial charge in [0.15, 0.2) is 5.82 Å². The van der Waals surface area contributed by atoms with E-state index in [9.17, 15) is 4.79 Å². The standard InChI is InChI=1S/C16H26N6O/c1-16(7-2-8-16)22-15-19-9-12(17)14(21-15)20-11-5-3-10(4-6-11)13(18)23/h9-11H,2-8,17H2,1H3,(H2,18,23)(H2,19,20,21,22)/t10-,11-. The third kappa shape index (κ3) is 3.65. The van der Waals surface area contributed by atoms with E-state index in [1.807, 2.05) is 0 Å². The summed E-state index contributed by atoms with van der Waals surface area (Å²) in [6.45, 7) is 2.19. The fourth-order valence-corrected chi connectivity index (χ4v) is 3.38. The Kier molecular flexibility index (Phi) is 4.28. The van der Waals surface area contributed by atoms with E-state index >= 15 is 0 Å². The Balaban J connectivity index is 1.62. The minimum Gasteiger partial charge on any atom is -0.394 e. The van der Waals surface area contributed by atoms with Gasteiger partial charge in [-0.2, -0.15) is 4.98 Å². The van der Waals surface area contributed by atoms with Gasteiger partial charge in [0.2, 0.25) is 11.9 Å². The highest BCUT2D eigenvalue weighted by Gasteiger charge is 2.32. The molecule has 6 N–H and O–H groups in total. The van der Waals surface area contributed by atoms with Crippen LogP contribution >= 0.6 is 0 Å². The van der Waals surface area contributed by atoms with Gasteiger partial charge in [0.05, 0.1) is 11.9 Å². The molecule has 7 heteroatoms. The van der Waals surface area contributed by atoms with Crippen LogP contribution in [-0.4, -0.2) is 27.5 Å². The molecule has 126 valence electrons. The second-order valence-electron chi connectivity index (χ2n) is 7.13. The van der Waals surface area contributed by atoms with Crippen molar-refractivity contribution < 1.29 is 4.79 Å². The summed E-state index contributed by atoms with van der Waals surface area (Å²) in [5, 5.41) is 6.81. The summed E-state index contributed by atoms with van der Waals surface area (Å²) in [7, 11) is 0. The third-order valence-corrected chi connectivity index (χ3v) is 5.16. The SMILES string of the molecule is CC1(Nc2ncc(N)c(N[C@H]3CC[C@H](C(N)=O)CC3)n2)CCC1. The highest BCUT2D eigenvalue weighted by atomic mass is 16.1. The van der Waals surface area contributed by atoms with Crippen molar-refractivity contribution in [3.8, 4) is 0 Å². The fourth-order valence-electron chi connectivity index (χ4n) is 3.38. The zero-order valence-electron chi connectivity index (χ0n) is 13.6. The first-order valence-electron chi connectivity index (χ1n) is 8.42. The topological polar surface area (TPSA) is 119 Å². The van der Waals surface area contributed by atoms with Crippen molar-refractivity contribution in [1.29, 1.82) is 0 Å². The smallest absolute Gasteiger partial charge is 0.225 e. The van der Waals surface area contributed by atoms with Crippen LogP contribution in [0.3, 0.4) is 0 Å². The number of amides is 1. The number of nitrogens with zero attached hydrogens (tertiary/aromatic N) is 2. The van der Waals surface area contributed by atoms with Crippen LogP contribution in [0, 0.1) is 5.92 Å². The molecule has 3 rings (SSSR count). The predicted molar refractivity (Wildman–Crippen MR) is 90.9 cm³/mol. The first-order chi connectivity index (χ1) is 11.0. The summed E-state index contributed by atoms with van der Waals surface area (Å²) >= 11 is 0. The molecule has 0 aliphatic heterocycles. The van der Waals surface area contributed by atoms with Gasteiger partial charge in [0.25, 0.3) is 0 Å². The summed E-state index contributed by atoms with van der Waals surface area (Å²) in [4.78, 5) is 20.1. The number of primary amides is 1. The summed E-state index contributed by atoms with van der Waals surface area (Å²) in [5.74, 6) is 1.11. The number of aromatic nitrogens is 2. The lowest BCUT2D eigenvalue weighted by atomic mass is 9.79. The first kappa shape index (κ1) is 15.8. The molecule has 23 heavy (non-hydrogen) atoms. The van der Waals surface area contributed by atoms with Crippen molar-refractivity contribution in [2.75, 3.05) is 16.4 Å². The number of carbonyl (C=O) groups excluding carboxylic acids is 1.